The molecule has 2 heteroatoms. The SMILES string of the molecule is [Br-].[CH]1CCC1.[Zn]. The molecule has 0 aliphatic heterocycles. The monoisotopic (exact) mass is 198 g/mol. The van der Waals surface area contributed by atoms with Gasteiger partial charge in [-0.15, -0.1) is 0 Å². The molecule has 6 heavy (non-hydrogen) atoms. The van der Waals surface area contributed by atoms with Crippen LogP contribution in [0.2, 0.25) is 0 Å². The molecule has 1 rings (SSSR count). The molecule has 0 aromatic heterocycles. The van der Waals surface area contributed by atoms with E-state index in [4.69, 9.17) is 0 Å². The summed E-state index contributed by atoms with van der Waals surface area (Å²) in [4.78, 5) is 0. The van der Waals surface area contributed by atoms with E-state index < -0.39 is 0 Å². The van der Waals surface area contributed by atoms with Crippen molar-refractivity contribution < 1.29 is 36.5 Å². The van der Waals surface area contributed by atoms with Gasteiger partial charge >= 0.3 is 0 Å². The zero-order valence-electron chi connectivity index (χ0n) is 3.78. The molecule has 0 saturated heterocycles. The summed E-state index contributed by atoms with van der Waals surface area (Å²) in [6.07, 6.45) is 6.50. The Labute approximate surface area is 62.2 Å². The molecule has 33 valence electrons. The van der Waals surface area contributed by atoms with E-state index in [2.05, 4.69) is 6.42 Å². The number of hydrogen-bond donors (Lipinski definition) is 0. The first kappa shape index (κ1) is 10.2. The summed E-state index contributed by atoms with van der Waals surface area (Å²) < 4.78 is 0. The molecule has 1 radical (unpaired) electrons. The van der Waals surface area contributed by atoms with Gasteiger partial charge in [0.2, 0.25) is 0 Å². The minimum absolute atomic E-state index is 0. The molecule has 0 aromatic carbocycles. The van der Waals surface area contributed by atoms with Gasteiger partial charge in [-0.1, -0.05) is 19.3 Å². The third kappa shape index (κ3) is 3.30. The maximum Gasteiger partial charge on any atom is 0 e. The Hall–Kier alpha value is 1.10. The third-order valence-electron chi connectivity index (χ3n) is 0.816. The van der Waals surface area contributed by atoms with Crippen LogP contribution in [0.1, 0.15) is 19.3 Å². The number of hydrogen-bond acceptors (Lipinski definition) is 0. The first-order valence-electron chi connectivity index (χ1n) is 1.82. The molecule has 0 nitrogen and oxygen atoms in total. The van der Waals surface area contributed by atoms with E-state index in [0.29, 0.717) is 0 Å². The standard InChI is InChI=1S/C4H7.BrH.Zn/c1-2-4-3-1;;/h1H,2-4H2;1H;/p-1. The van der Waals surface area contributed by atoms with Crippen molar-refractivity contribution in [1.29, 1.82) is 0 Å². The Kier molecular flexibility index (Phi) is 10.3. The molecule has 1 aliphatic carbocycles. The van der Waals surface area contributed by atoms with E-state index in [1.54, 1.807) is 0 Å². The summed E-state index contributed by atoms with van der Waals surface area (Å²) in [6, 6.07) is 0. The van der Waals surface area contributed by atoms with E-state index >= 15 is 0 Å². The quantitative estimate of drug-likeness (QED) is 0.412. The van der Waals surface area contributed by atoms with Gasteiger partial charge in [-0.3, -0.25) is 0 Å². The van der Waals surface area contributed by atoms with Gasteiger partial charge in [-0.2, -0.15) is 0 Å². The Morgan fingerprint density at radius 1 is 1.17 bits per heavy atom. The van der Waals surface area contributed by atoms with Crippen molar-refractivity contribution in [3.63, 3.8) is 0 Å². The second-order valence-corrected chi connectivity index (χ2v) is 1.22. The molecule has 1 saturated carbocycles. The zero-order chi connectivity index (χ0) is 2.83. The van der Waals surface area contributed by atoms with Crippen molar-refractivity contribution in [1.82, 2.24) is 0 Å². The molecule has 1 aliphatic rings. The van der Waals surface area contributed by atoms with Crippen LogP contribution < -0.4 is 17.0 Å². The van der Waals surface area contributed by atoms with Gasteiger partial charge in [0, 0.05) is 19.5 Å². The van der Waals surface area contributed by atoms with Crippen molar-refractivity contribution >= 4 is 0 Å². The minimum Gasteiger partial charge on any atom is -1.00 e. The summed E-state index contributed by atoms with van der Waals surface area (Å²) in [5.41, 5.74) is 0. The molecular formula is C4H7BrZn-. The molecule has 0 bridgehead atoms. The third-order valence-corrected chi connectivity index (χ3v) is 0.816. The minimum atomic E-state index is 0. The summed E-state index contributed by atoms with van der Waals surface area (Å²) in [5.74, 6) is 0. The molecule has 1 fully saturated rings. The molecule has 0 N–H and O–H groups in total. The number of halogens is 1. The fraction of sp³-hybridized carbons (Fsp3) is 0.750. The van der Waals surface area contributed by atoms with Gasteiger partial charge in [0.15, 0.2) is 0 Å². The molecule has 0 atom stereocenters. The van der Waals surface area contributed by atoms with E-state index in [-0.39, 0.29) is 36.5 Å². The van der Waals surface area contributed by atoms with Gasteiger partial charge in [0.25, 0.3) is 0 Å². The van der Waals surface area contributed by atoms with Crippen LogP contribution in [0.25, 0.3) is 0 Å². The van der Waals surface area contributed by atoms with Crippen molar-refractivity contribution in [2.75, 3.05) is 0 Å². The van der Waals surface area contributed by atoms with Gasteiger partial charge in [-0.05, 0) is 6.42 Å². The summed E-state index contributed by atoms with van der Waals surface area (Å²) >= 11 is 0. The summed E-state index contributed by atoms with van der Waals surface area (Å²) in [7, 11) is 0. The van der Waals surface area contributed by atoms with Crippen LogP contribution in [0.5, 0.6) is 0 Å². The van der Waals surface area contributed by atoms with Crippen LogP contribution >= 0.6 is 0 Å². The Morgan fingerprint density at radius 2 is 1.33 bits per heavy atom. The van der Waals surface area contributed by atoms with E-state index in [1.807, 2.05) is 0 Å². The van der Waals surface area contributed by atoms with Crippen molar-refractivity contribution in [2.45, 2.75) is 19.3 Å². The second kappa shape index (κ2) is 6.10. The first-order chi connectivity index (χ1) is 2.00. The first-order valence-corrected chi connectivity index (χ1v) is 1.82. The molecule has 0 heterocycles. The molecule has 0 amide bonds. The summed E-state index contributed by atoms with van der Waals surface area (Å²) in [5, 5.41) is 0. The molecule has 0 unspecified atom stereocenters. The molecular weight excluding hydrogens is 193 g/mol. The molecule has 0 aromatic rings. The van der Waals surface area contributed by atoms with Crippen LogP contribution in [-0.2, 0) is 19.5 Å². The predicted molar refractivity (Wildman–Crippen MR) is 18.2 cm³/mol. The Morgan fingerprint density at radius 3 is 1.33 bits per heavy atom. The van der Waals surface area contributed by atoms with Crippen LogP contribution in [0.3, 0.4) is 0 Å². The topological polar surface area (TPSA) is 0 Å². The van der Waals surface area contributed by atoms with Gasteiger partial charge in [0.1, 0.15) is 0 Å². The fourth-order valence-corrected chi connectivity index (χ4v) is 0.204. The van der Waals surface area contributed by atoms with E-state index in [9.17, 15) is 0 Å². The van der Waals surface area contributed by atoms with Crippen LogP contribution in [0.15, 0.2) is 0 Å². The smallest absolute Gasteiger partial charge is 0 e. The average molecular weight is 200 g/mol. The van der Waals surface area contributed by atoms with E-state index in [1.165, 1.54) is 19.3 Å². The van der Waals surface area contributed by atoms with Crippen LogP contribution in [0.4, 0.5) is 0 Å². The second-order valence-electron chi connectivity index (χ2n) is 1.22. The maximum atomic E-state index is 2.31. The zero-order valence-corrected chi connectivity index (χ0v) is 8.34. The largest absolute Gasteiger partial charge is 1.00 e. The van der Waals surface area contributed by atoms with Crippen LogP contribution in [-0.4, -0.2) is 0 Å². The predicted octanol–water partition coefficient (Wildman–Crippen LogP) is -1.62. The Bertz CT molecular complexity index is 15.5. The molecule has 0 spiro atoms. The van der Waals surface area contributed by atoms with Gasteiger partial charge in [0.05, 0.1) is 0 Å². The Balaban J connectivity index is 0. The van der Waals surface area contributed by atoms with E-state index in [0.717, 1.165) is 0 Å². The fourth-order valence-electron chi connectivity index (χ4n) is 0.204. The maximum absolute atomic E-state index is 2.31. The van der Waals surface area contributed by atoms with Gasteiger partial charge < -0.3 is 17.0 Å². The van der Waals surface area contributed by atoms with Crippen LogP contribution in [0, 0.1) is 6.42 Å². The van der Waals surface area contributed by atoms with Gasteiger partial charge in [-0.25, -0.2) is 0 Å². The number of rotatable bonds is 0. The van der Waals surface area contributed by atoms with Crippen molar-refractivity contribution in [2.24, 2.45) is 0 Å². The van der Waals surface area contributed by atoms with Crippen molar-refractivity contribution in [3.8, 4) is 0 Å². The normalized spacial score (nSPS) is 16.0. The van der Waals surface area contributed by atoms with Crippen molar-refractivity contribution in [3.05, 3.63) is 6.42 Å². The summed E-state index contributed by atoms with van der Waals surface area (Å²) in [6.45, 7) is 0. The average Bonchev–Trinajstić information content (AvgIpc) is 0.722.